The largest absolute Gasteiger partial charge is 0.356 e. The molecule has 0 bridgehead atoms. The molecular weight excluding hydrogens is 324 g/mol. The van der Waals surface area contributed by atoms with Crippen molar-refractivity contribution in [3.63, 3.8) is 0 Å². The highest BCUT2D eigenvalue weighted by Crippen LogP contribution is 2.42. The van der Waals surface area contributed by atoms with Crippen molar-refractivity contribution in [3.05, 3.63) is 16.1 Å². The second-order valence-corrected chi connectivity index (χ2v) is 9.48. The second-order valence-electron chi connectivity index (χ2n) is 6.60. The van der Waals surface area contributed by atoms with Crippen molar-refractivity contribution in [2.45, 2.75) is 50.2 Å². The van der Waals surface area contributed by atoms with Crippen LogP contribution in [0.25, 0.3) is 0 Å². The Morgan fingerprint density at radius 3 is 2.91 bits per heavy atom. The first-order chi connectivity index (χ1) is 11.2. The molecule has 2 fully saturated rings. The topological polar surface area (TPSA) is 40.5 Å². The van der Waals surface area contributed by atoms with Gasteiger partial charge in [-0.25, -0.2) is 4.98 Å². The zero-order valence-corrected chi connectivity index (χ0v) is 15.9. The van der Waals surface area contributed by atoms with Gasteiger partial charge in [0.15, 0.2) is 5.96 Å². The summed E-state index contributed by atoms with van der Waals surface area (Å²) in [4.78, 5) is 12.7. The number of guanidine groups is 1. The molecule has 1 aromatic rings. The Morgan fingerprint density at radius 1 is 1.39 bits per heavy atom. The first-order valence-corrected chi connectivity index (χ1v) is 10.5. The molecule has 0 amide bonds. The van der Waals surface area contributed by atoms with Gasteiger partial charge >= 0.3 is 0 Å². The van der Waals surface area contributed by atoms with Crippen molar-refractivity contribution in [2.24, 2.45) is 4.99 Å². The van der Waals surface area contributed by atoms with Crippen molar-refractivity contribution in [1.29, 1.82) is 0 Å². The molecule has 0 unspecified atom stereocenters. The lowest BCUT2D eigenvalue weighted by Gasteiger charge is -2.45. The molecule has 1 aliphatic carbocycles. The van der Waals surface area contributed by atoms with Gasteiger partial charge in [-0.05, 0) is 19.8 Å². The molecule has 3 rings (SSSR count). The molecule has 4 nitrogen and oxygen atoms in total. The summed E-state index contributed by atoms with van der Waals surface area (Å²) in [6.07, 6.45) is 9.91. The van der Waals surface area contributed by atoms with Gasteiger partial charge in [0.2, 0.25) is 0 Å². The van der Waals surface area contributed by atoms with Gasteiger partial charge in [0.05, 0.1) is 5.01 Å². The van der Waals surface area contributed by atoms with E-state index in [4.69, 9.17) is 0 Å². The van der Waals surface area contributed by atoms with Crippen LogP contribution in [-0.4, -0.2) is 53.0 Å². The quantitative estimate of drug-likeness (QED) is 0.669. The zero-order valence-electron chi connectivity index (χ0n) is 14.3. The molecule has 2 heterocycles. The smallest absolute Gasteiger partial charge is 0.193 e. The van der Waals surface area contributed by atoms with Gasteiger partial charge in [0.25, 0.3) is 0 Å². The van der Waals surface area contributed by atoms with Crippen molar-refractivity contribution in [2.75, 3.05) is 32.4 Å². The third kappa shape index (κ3) is 4.41. The maximum atomic E-state index is 4.53. The fourth-order valence-electron chi connectivity index (χ4n) is 3.65. The van der Waals surface area contributed by atoms with Crippen molar-refractivity contribution in [1.82, 2.24) is 15.2 Å². The van der Waals surface area contributed by atoms with E-state index in [-0.39, 0.29) is 0 Å². The first kappa shape index (κ1) is 17.1. The van der Waals surface area contributed by atoms with Crippen molar-refractivity contribution in [3.8, 4) is 0 Å². The Bertz CT molecular complexity index is 529. The molecule has 1 spiro atoms. The highest BCUT2D eigenvalue weighted by molar-refractivity contribution is 8.00. The van der Waals surface area contributed by atoms with E-state index in [9.17, 15) is 0 Å². The van der Waals surface area contributed by atoms with E-state index in [0.29, 0.717) is 4.75 Å². The van der Waals surface area contributed by atoms with E-state index >= 15 is 0 Å². The average molecular weight is 353 g/mol. The number of aryl methyl sites for hydroxylation is 1. The Kier molecular flexibility index (Phi) is 5.85. The molecule has 1 aromatic heterocycles. The number of hydrogen-bond acceptors (Lipinski definition) is 4. The van der Waals surface area contributed by atoms with Gasteiger partial charge in [-0.15, -0.1) is 11.3 Å². The van der Waals surface area contributed by atoms with Gasteiger partial charge in [-0.2, -0.15) is 11.8 Å². The third-order valence-electron chi connectivity index (χ3n) is 4.82. The minimum Gasteiger partial charge on any atom is -0.356 e. The summed E-state index contributed by atoms with van der Waals surface area (Å²) in [5.41, 5.74) is 0. The van der Waals surface area contributed by atoms with Crippen LogP contribution in [0.4, 0.5) is 0 Å². The Balaban J connectivity index is 1.53. The van der Waals surface area contributed by atoms with Crippen LogP contribution in [0.2, 0.25) is 0 Å². The van der Waals surface area contributed by atoms with Gasteiger partial charge in [0.1, 0.15) is 0 Å². The van der Waals surface area contributed by atoms with E-state index in [0.717, 1.165) is 32.0 Å². The van der Waals surface area contributed by atoms with E-state index < -0.39 is 0 Å². The van der Waals surface area contributed by atoms with Crippen molar-refractivity contribution < 1.29 is 0 Å². The summed E-state index contributed by atoms with van der Waals surface area (Å²) in [7, 11) is 1.91. The lowest BCUT2D eigenvalue weighted by Crippen LogP contribution is -2.53. The van der Waals surface area contributed by atoms with Gasteiger partial charge in [-0.3, -0.25) is 4.99 Å². The van der Waals surface area contributed by atoms with Crippen LogP contribution in [0.1, 0.15) is 42.0 Å². The lowest BCUT2D eigenvalue weighted by atomic mass is 9.87. The molecule has 128 valence electrons. The predicted octanol–water partition coefficient (Wildman–Crippen LogP) is 3.32. The Labute approximate surface area is 148 Å². The van der Waals surface area contributed by atoms with Crippen LogP contribution in [-0.2, 0) is 6.42 Å². The number of nitrogens with zero attached hydrogens (tertiary/aromatic N) is 3. The third-order valence-corrected chi connectivity index (χ3v) is 7.32. The standard InChI is InChI=1S/C17H28N4S2/c1-14-12-20-15(23-14)6-9-19-16(18-2)21-10-11-22-17(13-21)7-4-3-5-8-17/h12H,3-11,13H2,1-2H3,(H,18,19). The van der Waals surface area contributed by atoms with Crippen LogP contribution < -0.4 is 5.32 Å². The number of thiazole rings is 1. The van der Waals surface area contributed by atoms with Crippen LogP contribution in [0.15, 0.2) is 11.2 Å². The Hall–Kier alpha value is -0.750. The minimum atomic E-state index is 0.487. The lowest BCUT2D eigenvalue weighted by molar-refractivity contribution is 0.293. The molecule has 1 saturated heterocycles. The maximum Gasteiger partial charge on any atom is 0.193 e. The van der Waals surface area contributed by atoms with Gasteiger partial charge in [-0.1, -0.05) is 19.3 Å². The maximum absolute atomic E-state index is 4.53. The van der Waals surface area contributed by atoms with Crippen LogP contribution in [0.3, 0.4) is 0 Å². The molecule has 0 aromatic carbocycles. The molecule has 0 radical (unpaired) electrons. The van der Waals surface area contributed by atoms with Gasteiger partial charge in [0, 0.05) is 54.7 Å². The normalized spacial score (nSPS) is 21.7. The predicted molar refractivity (Wildman–Crippen MR) is 102 cm³/mol. The summed E-state index contributed by atoms with van der Waals surface area (Å²) in [6, 6.07) is 0. The monoisotopic (exact) mass is 352 g/mol. The van der Waals surface area contributed by atoms with E-state index in [1.165, 1.54) is 47.7 Å². The number of rotatable bonds is 3. The van der Waals surface area contributed by atoms with E-state index in [2.05, 4.69) is 38.9 Å². The highest BCUT2D eigenvalue weighted by atomic mass is 32.2. The molecule has 6 heteroatoms. The van der Waals surface area contributed by atoms with Crippen LogP contribution in [0, 0.1) is 6.92 Å². The summed E-state index contributed by atoms with van der Waals surface area (Å²) < 4.78 is 0.487. The molecule has 0 atom stereocenters. The summed E-state index contributed by atoms with van der Waals surface area (Å²) in [5.74, 6) is 2.30. The number of thioether (sulfide) groups is 1. The van der Waals surface area contributed by atoms with E-state index in [1.54, 1.807) is 11.3 Å². The average Bonchev–Trinajstić information content (AvgIpc) is 2.98. The van der Waals surface area contributed by atoms with E-state index in [1.807, 2.05) is 13.2 Å². The fourth-order valence-corrected chi connectivity index (χ4v) is 6.01. The molecule has 1 N–H and O–H groups in total. The van der Waals surface area contributed by atoms with Crippen LogP contribution in [0.5, 0.6) is 0 Å². The SMILES string of the molecule is CN=C(NCCc1ncc(C)s1)N1CCSC2(CCCCC2)C1. The Morgan fingerprint density at radius 2 is 2.22 bits per heavy atom. The number of nitrogens with one attached hydrogen (secondary N) is 1. The van der Waals surface area contributed by atoms with Crippen molar-refractivity contribution >= 4 is 29.1 Å². The molecular formula is C17H28N4S2. The highest BCUT2D eigenvalue weighted by Gasteiger charge is 2.38. The molecule has 1 saturated carbocycles. The summed E-state index contributed by atoms with van der Waals surface area (Å²) in [5, 5.41) is 4.76. The molecule has 1 aliphatic heterocycles. The zero-order chi connectivity index (χ0) is 16.1. The second kappa shape index (κ2) is 7.88. The fraction of sp³-hybridized carbons (Fsp3) is 0.765. The molecule has 23 heavy (non-hydrogen) atoms. The minimum absolute atomic E-state index is 0.487. The summed E-state index contributed by atoms with van der Waals surface area (Å²) in [6.45, 7) is 5.30. The number of aliphatic imine (C=N–C) groups is 1. The van der Waals surface area contributed by atoms with Gasteiger partial charge < -0.3 is 10.2 Å². The molecule has 2 aliphatic rings. The first-order valence-electron chi connectivity index (χ1n) is 8.72. The summed E-state index contributed by atoms with van der Waals surface area (Å²) >= 11 is 4.00. The van der Waals surface area contributed by atoms with Crippen LogP contribution >= 0.6 is 23.1 Å². The number of hydrogen-bond donors (Lipinski definition) is 1. The number of aromatic nitrogens is 1.